The molecule has 1 atom stereocenters. The lowest BCUT2D eigenvalue weighted by Crippen LogP contribution is -2.30. The largest absolute Gasteiger partial charge is 0.508 e. The minimum absolute atomic E-state index is 0.0213. The summed E-state index contributed by atoms with van der Waals surface area (Å²) in [6, 6.07) is 23.6. The van der Waals surface area contributed by atoms with Gasteiger partial charge in [-0.1, -0.05) is 35.9 Å². The Kier molecular flexibility index (Phi) is 10.4. The number of amides is 3. The lowest BCUT2D eigenvalue weighted by Gasteiger charge is -2.15. The third kappa shape index (κ3) is 8.60. The molecule has 8 nitrogen and oxygen atoms in total. The summed E-state index contributed by atoms with van der Waals surface area (Å²) < 4.78 is 18.8. The van der Waals surface area contributed by atoms with Crippen molar-refractivity contribution in [3.8, 4) is 11.5 Å². The summed E-state index contributed by atoms with van der Waals surface area (Å²) in [4.78, 5) is 39.8. The first-order valence-electron chi connectivity index (χ1n) is 12.9. The van der Waals surface area contributed by atoms with E-state index in [4.69, 9.17) is 16.3 Å². The van der Waals surface area contributed by atoms with E-state index in [1.807, 2.05) is 0 Å². The zero-order valence-corrected chi connectivity index (χ0v) is 24.6. The predicted molar refractivity (Wildman–Crippen MR) is 167 cm³/mol. The molecule has 4 aromatic rings. The summed E-state index contributed by atoms with van der Waals surface area (Å²) in [5, 5.41) is 17.3. The molecule has 0 spiro atoms. The number of phenols is 1. The Morgan fingerprint density at radius 3 is 2.40 bits per heavy atom. The van der Waals surface area contributed by atoms with E-state index in [2.05, 4.69) is 16.0 Å². The van der Waals surface area contributed by atoms with E-state index in [-0.39, 0.29) is 22.4 Å². The van der Waals surface area contributed by atoms with Crippen molar-refractivity contribution in [1.29, 1.82) is 0 Å². The monoisotopic (exact) mass is 619 g/mol. The van der Waals surface area contributed by atoms with Crippen molar-refractivity contribution in [1.82, 2.24) is 5.32 Å². The summed E-state index contributed by atoms with van der Waals surface area (Å²) >= 11 is 7.05. The second-order valence-electron chi connectivity index (χ2n) is 9.16. The zero-order chi connectivity index (χ0) is 30.9. The maximum atomic E-state index is 13.5. The maximum Gasteiger partial charge on any atom is 0.272 e. The van der Waals surface area contributed by atoms with Gasteiger partial charge in [-0.15, -0.1) is 11.8 Å². The number of nitrogens with one attached hydrogen (secondary N) is 3. The van der Waals surface area contributed by atoms with Crippen LogP contribution in [0, 0.1) is 5.82 Å². The highest BCUT2D eigenvalue weighted by molar-refractivity contribution is 8.00. The first-order valence-corrected chi connectivity index (χ1v) is 14.2. The number of methoxy groups -OCH3 is 1. The molecule has 11 heteroatoms. The number of benzene rings is 4. The molecule has 0 radical (unpaired) electrons. The molecule has 0 heterocycles. The van der Waals surface area contributed by atoms with Crippen molar-refractivity contribution in [2.75, 3.05) is 17.7 Å². The fourth-order valence-corrected chi connectivity index (χ4v) is 4.94. The van der Waals surface area contributed by atoms with Crippen LogP contribution in [-0.4, -0.2) is 35.2 Å². The summed E-state index contributed by atoms with van der Waals surface area (Å²) in [5.41, 5.74) is 1.52. The molecule has 4 rings (SSSR count). The molecular weight excluding hydrogens is 593 g/mol. The Bertz CT molecular complexity index is 1680. The quantitative estimate of drug-likeness (QED) is 0.116. The van der Waals surface area contributed by atoms with Crippen LogP contribution in [0.1, 0.15) is 22.8 Å². The number of ether oxygens (including phenoxy) is 1. The molecule has 4 N–H and O–H groups in total. The van der Waals surface area contributed by atoms with E-state index in [1.165, 1.54) is 55.3 Å². The van der Waals surface area contributed by atoms with Gasteiger partial charge < -0.3 is 25.8 Å². The van der Waals surface area contributed by atoms with Gasteiger partial charge in [-0.05, 0) is 73.7 Å². The highest BCUT2D eigenvalue weighted by atomic mass is 35.5. The first kappa shape index (κ1) is 31.1. The van der Waals surface area contributed by atoms with Crippen LogP contribution in [0.15, 0.2) is 102 Å². The Morgan fingerprint density at radius 1 is 0.930 bits per heavy atom. The normalized spacial score (nSPS) is 11.8. The zero-order valence-electron chi connectivity index (χ0n) is 23.1. The number of aromatic hydroxyl groups is 1. The molecule has 0 fully saturated rings. The number of halogens is 2. The number of hydrogen-bond acceptors (Lipinski definition) is 6. The smallest absolute Gasteiger partial charge is 0.272 e. The lowest BCUT2D eigenvalue weighted by atomic mass is 10.1. The average molecular weight is 620 g/mol. The fourth-order valence-electron chi connectivity index (χ4n) is 3.84. The number of thioether (sulfide) groups is 1. The molecule has 220 valence electrons. The van der Waals surface area contributed by atoms with Gasteiger partial charge in [0.1, 0.15) is 23.0 Å². The molecule has 0 saturated carbocycles. The van der Waals surface area contributed by atoms with Crippen LogP contribution in [0.2, 0.25) is 5.02 Å². The molecule has 1 unspecified atom stereocenters. The van der Waals surface area contributed by atoms with Gasteiger partial charge in [-0.3, -0.25) is 14.4 Å². The Labute approximate surface area is 256 Å². The first-order chi connectivity index (χ1) is 20.6. The van der Waals surface area contributed by atoms with E-state index >= 15 is 0 Å². The number of carbonyl (C=O) groups is 3. The Balaban J connectivity index is 1.51. The number of rotatable bonds is 10. The standard InChI is InChI=1S/C32H27ClFN3O5S/c1-19(30(39)35-23-12-14-27(34)26(33)17-23)43-25-10-6-9-22(16-25)36-32(41)28(37-31(40)20-7-4-3-5-8-20)15-21-11-13-24(38)18-29(21)42-2/h3-19,38H,1-2H3,(H,35,39)(H,36,41)(H,37,40)/b28-15+. The van der Waals surface area contributed by atoms with Gasteiger partial charge in [0.05, 0.1) is 17.4 Å². The molecule has 0 aliphatic rings. The van der Waals surface area contributed by atoms with E-state index in [0.717, 1.165) is 0 Å². The minimum atomic E-state index is -0.611. The summed E-state index contributed by atoms with van der Waals surface area (Å²) in [7, 11) is 1.42. The molecule has 0 aliphatic heterocycles. The van der Waals surface area contributed by atoms with Crippen molar-refractivity contribution in [3.05, 3.63) is 119 Å². The number of carbonyl (C=O) groups excluding carboxylic acids is 3. The van der Waals surface area contributed by atoms with Crippen LogP contribution in [0.5, 0.6) is 11.5 Å². The van der Waals surface area contributed by atoms with Gasteiger partial charge in [0.2, 0.25) is 5.91 Å². The lowest BCUT2D eigenvalue weighted by molar-refractivity contribution is -0.115. The van der Waals surface area contributed by atoms with Crippen molar-refractivity contribution in [2.45, 2.75) is 17.1 Å². The number of phenolic OH excluding ortho intramolecular Hbond substituents is 1. The molecule has 43 heavy (non-hydrogen) atoms. The van der Waals surface area contributed by atoms with Gasteiger partial charge in [0.25, 0.3) is 11.8 Å². The van der Waals surface area contributed by atoms with Crippen molar-refractivity contribution >= 4 is 58.5 Å². The topological polar surface area (TPSA) is 117 Å². The number of hydrogen-bond donors (Lipinski definition) is 4. The Hall–Kier alpha value is -4.80. The van der Waals surface area contributed by atoms with Crippen LogP contribution < -0.4 is 20.7 Å². The molecule has 0 saturated heterocycles. The molecular formula is C32H27ClFN3O5S. The van der Waals surface area contributed by atoms with Crippen LogP contribution in [0.25, 0.3) is 6.08 Å². The minimum Gasteiger partial charge on any atom is -0.508 e. The predicted octanol–water partition coefficient (Wildman–Crippen LogP) is 6.72. The summed E-state index contributed by atoms with van der Waals surface area (Å²) in [5.74, 6) is -1.73. The molecule has 0 bridgehead atoms. The molecule has 0 aromatic heterocycles. The van der Waals surface area contributed by atoms with Crippen molar-refractivity contribution in [3.63, 3.8) is 0 Å². The summed E-state index contributed by atoms with van der Waals surface area (Å²) in [6.07, 6.45) is 1.45. The fraction of sp³-hybridized carbons (Fsp3) is 0.0938. The third-order valence-electron chi connectivity index (χ3n) is 6.01. The van der Waals surface area contributed by atoms with Gasteiger partial charge in [0.15, 0.2) is 0 Å². The molecule has 3 amide bonds. The average Bonchev–Trinajstić information content (AvgIpc) is 2.99. The highest BCUT2D eigenvalue weighted by Crippen LogP contribution is 2.29. The van der Waals surface area contributed by atoms with Crippen LogP contribution >= 0.6 is 23.4 Å². The van der Waals surface area contributed by atoms with Gasteiger partial charge in [0, 0.05) is 33.5 Å². The number of anilines is 2. The second kappa shape index (κ2) is 14.4. The van der Waals surface area contributed by atoms with Crippen molar-refractivity contribution in [2.24, 2.45) is 0 Å². The molecule has 0 aliphatic carbocycles. The SMILES string of the molecule is COc1cc(O)ccc1/C=C(/NC(=O)c1ccccc1)C(=O)Nc1cccc(SC(C)C(=O)Nc2ccc(F)c(Cl)c2)c1. The van der Waals surface area contributed by atoms with E-state index in [0.29, 0.717) is 33.1 Å². The van der Waals surface area contributed by atoms with Crippen LogP contribution in [0.3, 0.4) is 0 Å². The van der Waals surface area contributed by atoms with Crippen LogP contribution in [-0.2, 0) is 9.59 Å². The van der Waals surface area contributed by atoms with Crippen LogP contribution in [0.4, 0.5) is 15.8 Å². The second-order valence-corrected chi connectivity index (χ2v) is 11.0. The van der Waals surface area contributed by atoms with E-state index in [9.17, 15) is 23.9 Å². The van der Waals surface area contributed by atoms with Crippen molar-refractivity contribution < 1.29 is 28.6 Å². The maximum absolute atomic E-state index is 13.5. The third-order valence-corrected chi connectivity index (χ3v) is 7.39. The van der Waals surface area contributed by atoms with Gasteiger partial charge in [-0.25, -0.2) is 4.39 Å². The Morgan fingerprint density at radius 2 is 1.67 bits per heavy atom. The van der Waals surface area contributed by atoms with Gasteiger partial charge >= 0.3 is 0 Å². The highest BCUT2D eigenvalue weighted by Gasteiger charge is 2.18. The van der Waals surface area contributed by atoms with E-state index in [1.54, 1.807) is 67.6 Å². The summed E-state index contributed by atoms with van der Waals surface area (Å²) in [6.45, 7) is 1.71. The molecule has 4 aromatic carbocycles. The van der Waals surface area contributed by atoms with Gasteiger partial charge in [-0.2, -0.15) is 0 Å². The van der Waals surface area contributed by atoms with E-state index < -0.39 is 22.9 Å².